The summed E-state index contributed by atoms with van der Waals surface area (Å²) >= 11 is 0. The molecule has 0 saturated heterocycles. The maximum Gasteiger partial charge on any atom is 0.274 e. The number of nitrogens with one attached hydrogen (secondary N) is 2. The summed E-state index contributed by atoms with van der Waals surface area (Å²) in [6, 6.07) is 16.3. The van der Waals surface area contributed by atoms with Crippen LogP contribution in [0.4, 0.5) is 0 Å². The first-order valence-corrected chi connectivity index (χ1v) is 9.37. The van der Waals surface area contributed by atoms with Crippen LogP contribution in [-0.4, -0.2) is 30.2 Å². The van der Waals surface area contributed by atoms with Gasteiger partial charge in [-0.15, -0.1) is 0 Å². The average Bonchev–Trinajstić information content (AvgIpc) is 2.74. The van der Waals surface area contributed by atoms with Crippen molar-refractivity contribution in [3.8, 4) is 5.75 Å². The Labute approximate surface area is 165 Å². The van der Waals surface area contributed by atoms with E-state index in [-0.39, 0.29) is 5.91 Å². The largest absolute Gasteiger partial charge is 0.494 e. The molecule has 6 heteroatoms. The normalized spacial score (nSPS) is 10.6. The molecule has 148 valence electrons. The van der Waals surface area contributed by atoms with Crippen molar-refractivity contribution in [2.75, 3.05) is 13.2 Å². The molecule has 0 aliphatic carbocycles. The van der Waals surface area contributed by atoms with E-state index in [1.54, 1.807) is 41.9 Å². The summed E-state index contributed by atoms with van der Waals surface area (Å²) < 4.78 is 5.62. The number of ether oxygens (including phenoxy) is 1. The molecule has 0 bridgehead atoms. The standard InChI is InChI=1S/C22H26N2O4/c25-21(15-10-18-8-4-3-5-9-18)23-16-6-1-2-7-17-28-20-13-11-19(12-14-20)22(26)24-27/h3-5,8-15,27H,1-2,6-7,16-17H2,(H,23,25)(H,24,26)/b15-10+. The fraction of sp³-hybridized carbons (Fsp3) is 0.273. The molecule has 2 amide bonds. The molecule has 0 saturated carbocycles. The van der Waals surface area contributed by atoms with Gasteiger partial charge in [0.25, 0.3) is 5.91 Å². The Balaban J connectivity index is 1.50. The van der Waals surface area contributed by atoms with Gasteiger partial charge in [0, 0.05) is 18.2 Å². The summed E-state index contributed by atoms with van der Waals surface area (Å²) in [6.45, 7) is 1.25. The van der Waals surface area contributed by atoms with E-state index in [2.05, 4.69) is 5.32 Å². The van der Waals surface area contributed by atoms with E-state index in [0.717, 1.165) is 31.2 Å². The Morgan fingerprint density at radius 1 is 0.929 bits per heavy atom. The van der Waals surface area contributed by atoms with Gasteiger partial charge >= 0.3 is 0 Å². The molecule has 0 spiro atoms. The van der Waals surface area contributed by atoms with Crippen molar-refractivity contribution < 1.29 is 19.5 Å². The van der Waals surface area contributed by atoms with E-state index in [9.17, 15) is 9.59 Å². The van der Waals surface area contributed by atoms with Gasteiger partial charge in [-0.25, -0.2) is 5.48 Å². The van der Waals surface area contributed by atoms with E-state index in [0.29, 0.717) is 24.5 Å². The summed E-state index contributed by atoms with van der Waals surface area (Å²) in [6.07, 6.45) is 7.23. The smallest absolute Gasteiger partial charge is 0.274 e. The number of hydrogen-bond acceptors (Lipinski definition) is 4. The first-order chi connectivity index (χ1) is 13.7. The minimum absolute atomic E-state index is 0.0782. The van der Waals surface area contributed by atoms with Crippen LogP contribution >= 0.6 is 0 Å². The highest BCUT2D eigenvalue weighted by Crippen LogP contribution is 2.13. The molecular weight excluding hydrogens is 356 g/mol. The second-order valence-electron chi connectivity index (χ2n) is 6.26. The number of amides is 2. The zero-order valence-electron chi connectivity index (χ0n) is 15.8. The number of carbonyl (C=O) groups is 2. The third kappa shape index (κ3) is 8.05. The fourth-order valence-corrected chi connectivity index (χ4v) is 2.54. The second-order valence-corrected chi connectivity index (χ2v) is 6.26. The predicted molar refractivity (Wildman–Crippen MR) is 108 cm³/mol. The molecule has 28 heavy (non-hydrogen) atoms. The molecule has 0 aromatic heterocycles. The molecule has 2 aromatic rings. The summed E-state index contributed by atoms with van der Waals surface area (Å²) in [5, 5.41) is 11.4. The molecule has 0 atom stereocenters. The molecule has 0 aliphatic rings. The van der Waals surface area contributed by atoms with Gasteiger partial charge in [0.2, 0.25) is 5.91 Å². The van der Waals surface area contributed by atoms with Crippen LogP contribution in [0.3, 0.4) is 0 Å². The second kappa shape index (κ2) is 12.3. The number of unbranched alkanes of at least 4 members (excludes halogenated alkanes) is 3. The van der Waals surface area contributed by atoms with Crippen LogP contribution in [0.25, 0.3) is 6.08 Å². The molecule has 0 unspecified atom stereocenters. The van der Waals surface area contributed by atoms with E-state index in [1.807, 2.05) is 30.3 Å². The van der Waals surface area contributed by atoms with Crippen molar-refractivity contribution in [2.45, 2.75) is 25.7 Å². The van der Waals surface area contributed by atoms with E-state index >= 15 is 0 Å². The van der Waals surface area contributed by atoms with Crippen molar-refractivity contribution in [2.24, 2.45) is 0 Å². The molecule has 3 N–H and O–H groups in total. The van der Waals surface area contributed by atoms with Crippen LogP contribution in [0.1, 0.15) is 41.6 Å². The van der Waals surface area contributed by atoms with Crippen molar-refractivity contribution in [3.63, 3.8) is 0 Å². The highest BCUT2D eigenvalue weighted by molar-refractivity contribution is 5.93. The minimum Gasteiger partial charge on any atom is -0.494 e. The molecule has 0 heterocycles. The van der Waals surface area contributed by atoms with E-state index in [1.165, 1.54) is 0 Å². The van der Waals surface area contributed by atoms with Crippen molar-refractivity contribution in [1.82, 2.24) is 10.8 Å². The highest BCUT2D eigenvalue weighted by Gasteiger charge is 2.03. The number of hydroxylamine groups is 1. The highest BCUT2D eigenvalue weighted by atomic mass is 16.5. The van der Waals surface area contributed by atoms with Gasteiger partial charge in [0.1, 0.15) is 5.75 Å². The SMILES string of the molecule is O=C(/C=C/c1ccccc1)NCCCCCCOc1ccc(C(=O)NO)cc1. The first kappa shape index (κ1) is 21.2. The molecule has 2 aromatic carbocycles. The third-order valence-corrected chi connectivity index (χ3v) is 4.08. The fourth-order valence-electron chi connectivity index (χ4n) is 2.54. The lowest BCUT2D eigenvalue weighted by Crippen LogP contribution is -2.21. The van der Waals surface area contributed by atoms with Crippen LogP contribution in [0, 0.1) is 0 Å². The topological polar surface area (TPSA) is 87.7 Å². The average molecular weight is 382 g/mol. The molecule has 0 fully saturated rings. The molecular formula is C22H26N2O4. The number of hydrogen-bond donors (Lipinski definition) is 3. The van der Waals surface area contributed by atoms with Gasteiger partial charge in [-0.05, 0) is 48.7 Å². The number of benzene rings is 2. The van der Waals surface area contributed by atoms with Crippen LogP contribution < -0.4 is 15.5 Å². The van der Waals surface area contributed by atoms with Crippen LogP contribution in [0.2, 0.25) is 0 Å². The maximum atomic E-state index is 11.7. The summed E-state index contributed by atoms with van der Waals surface area (Å²) in [7, 11) is 0. The van der Waals surface area contributed by atoms with Crippen LogP contribution in [-0.2, 0) is 4.79 Å². The Morgan fingerprint density at radius 2 is 1.64 bits per heavy atom. The first-order valence-electron chi connectivity index (χ1n) is 9.37. The van der Waals surface area contributed by atoms with Gasteiger partial charge in [0.05, 0.1) is 6.61 Å². The number of rotatable bonds is 11. The molecule has 2 rings (SSSR count). The van der Waals surface area contributed by atoms with Gasteiger partial charge in [-0.2, -0.15) is 0 Å². The number of carbonyl (C=O) groups excluding carboxylic acids is 2. The van der Waals surface area contributed by atoms with Crippen molar-refractivity contribution in [1.29, 1.82) is 0 Å². The Kier molecular flexibility index (Phi) is 9.31. The van der Waals surface area contributed by atoms with Gasteiger partial charge in [0.15, 0.2) is 0 Å². The van der Waals surface area contributed by atoms with E-state index < -0.39 is 5.91 Å². The monoisotopic (exact) mass is 382 g/mol. The van der Waals surface area contributed by atoms with Crippen LogP contribution in [0.15, 0.2) is 60.7 Å². The summed E-state index contributed by atoms with van der Waals surface area (Å²) in [5.74, 6) is 0.0617. The Bertz CT molecular complexity index is 758. The lowest BCUT2D eigenvalue weighted by molar-refractivity contribution is -0.116. The lowest BCUT2D eigenvalue weighted by Gasteiger charge is -2.07. The summed E-state index contributed by atoms with van der Waals surface area (Å²) in [5.41, 5.74) is 2.96. The Hall–Kier alpha value is -3.12. The lowest BCUT2D eigenvalue weighted by atomic mass is 10.2. The van der Waals surface area contributed by atoms with Crippen LogP contribution in [0.5, 0.6) is 5.75 Å². The van der Waals surface area contributed by atoms with Crippen molar-refractivity contribution >= 4 is 17.9 Å². The van der Waals surface area contributed by atoms with E-state index in [4.69, 9.17) is 9.94 Å². The quantitative estimate of drug-likeness (QED) is 0.240. The maximum absolute atomic E-state index is 11.7. The van der Waals surface area contributed by atoms with Crippen molar-refractivity contribution in [3.05, 3.63) is 71.8 Å². The van der Waals surface area contributed by atoms with Gasteiger partial charge in [-0.1, -0.05) is 43.2 Å². The van der Waals surface area contributed by atoms with Gasteiger partial charge in [-0.3, -0.25) is 14.8 Å². The summed E-state index contributed by atoms with van der Waals surface area (Å²) in [4.78, 5) is 23.0. The van der Waals surface area contributed by atoms with Gasteiger partial charge < -0.3 is 10.1 Å². The predicted octanol–water partition coefficient (Wildman–Crippen LogP) is 3.57. The zero-order chi connectivity index (χ0) is 20.0. The molecule has 6 nitrogen and oxygen atoms in total. The Morgan fingerprint density at radius 3 is 2.36 bits per heavy atom. The molecule has 0 radical (unpaired) electrons. The molecule has 0 aliphatic heterocycles. The third-order valence-electron chi connectivity index (χ3n) is 4.08. The zero-order valence-corrected chi connectivity index (χ0v) is 15.8. The minimum atomic E-state index is -0.547.